The fraction of sp³-hybridized carbons (Fsp3) is 1.00. The van der Waals surface area contributed by atoms with Gasteiger partial charge in [0.2, 0.25) is 0 Å². The molecule has 5 fully saturated rings. The van der Waals surface area contributed by atoms with E-state index < -0.39 is 5.60 Å². The van der Waals surface area contributed by atoms with E-state index in [0.29, 0.717) is 22.7 Å². The van der Waals surface area contributed by atoms with Gasteiger partial charge in [-0.2, -0.15) is 0 Å². The van der Waals surface area contributed by atoms with Crippen LogP contribution in [-0.2, 0) is 0 Å². The van der Waals surface area contributed by atoms with Crippen molar-refractivity contribution in [2.75, 3.05) is 0 Å². The Bertz CT molecular complexity index is 482. The standard InChI is InChI=1S/C20H34O2/c1-17(2)14-6-10-20-9-5-13(19(4,22)12-20)11-15(20)18(14,3)8-7-16(17)21/h13-16,21-22H,5-12H2,1-4H3. The Morgan fingerprint density at radius 3 is 2.23 bits per heavy atom. The number of fused-ring (bicyclic) bond motifs is 3. The molecule has 7 atom stereocenters. The lowest BCUT2D eigenvalue weighted by Crippen LogP contribution is -2.65. The van der Waals surface area contributed by atoms with Crippen LogP contribution < -0.4 is 0 Å². The lowest BCUT2D eigenvalue weighted by atomic mass is 9.35. The van der Waals surface area contributed by atoms with Gasteiger partial charge in [-0.05, 0) is 92.3 Å². The van der Waals surface area contributed by atoms with E-state index in [2.05, 4.69) is 27.7 Å². The van der Waals surface area contributed by atoms with Gasteiger partial charge in [0.15, 0.2) is 0 Å². The Labute approximate surface area is 135 Å². The van der Waals surface area contributed by atoms with Gasteiger partial charge in [0.25, 0.3) is 0 Å². The van der Waals surface area contributed by atoms with Crippen molar-refractivity contribution >= 4 is 0 Å². The molecular formula is C20H34O2. The minimum absolute atomic E-state index is 0.0494. The molecule has 2 N–H and O–H groups in total. The van der Waals surface area contributed by atoms with Crippen molar-refractivity contribution in [2.24, 2.45) is 34.0 Å². The summed E-state index contributed by atoms with van der Waals surface area (Å²) in [7, 11) is 0. The monoisotopic (exact) mass is 306 g/mol. The maximum absolute atomic E-state index is 10.9. The first-order chi connectivity index (χ1) is 10.1. The molecule has 5 rings (SSSR count). The largest absolute Gasteiger partial charge is 0.393 e. The molecule has 0 amide bonds. The summed E-state index contributed by atoms with van der Waals surface area (Å²) < 4.78 is 0. The molecule has 1 spiro atoms. The maximum atomic E-state index is 10.9. The van der Waals surface area contributed by atoms with Crippen LogP contribution in [0.3, 0.4) is 0 Å². The SMILES string of the molecule is CC1(O)CC23CCC1CC2C1(C)CCC(O)C(C)(C)C1CC3. The summed E-state index contributed by atoms with van der Waals surface area (Å²) in [5, 5.41) is 21.4. The molecule has 5 aliphatic rings. The van der Waals surface area contributed by atoms with Gasteiger partial charge in [0.1, 0.15) is 0 Å². The second-order valence-electron chi connectivity index (χ2n) is 10.4. The van der Waals surface area contributed by atoms with E-state index in [1.54, 1.807) is 0 Å². The van der Waals surface area contributed by atoms with Crippen LogP contribution in [0.5, 0.6) is 0 Å². The van der Waals surface area contributed by atoms with Crippen molar-refractivity contribution < 1.29 is 10.2 Å². The lowest BCUT2D eigenvalue weighted by Gasteiger charge is -2.70. The van der Waals surface area contributed by atoms with Crippen LogP contribution in [0.1, 0.15) is 79.1 Å². The molecule has 0 aliphatic heterocycles. The fourth-order valence-corrected chi connectivity index (χ4v) is 7.90. The third-order valence-electron chi connectivity index (χ3n) is 9.08. The maximum Gasteiger partial charge on any atom is 0.0653 e. The summed E-state index contributed by atoms with van der Waals surface area (Å²) in [6, 6.07) is 0. The Morgan fingerprint density at radius 1 is 0.864 bits per heavy atom. The van der Waals surface area contributed by atoms with Gasteiger partial charge in [-0.25, -0.2) is 0 Å². The van der Waals surface area contributed by atoms with Crippen molar-refractivity contribution in [3.8, 4) is 0 Å². The van der Waals surface area contributed by atoms with Crippen molar-refractivity contribution in [1.29, 1.82) is 0 Å². The van der Waals surface area contributed by atoms with Crippen molar-refractivity contribution in [2.45, 2.75) is 90.8 Å². The zero-order chi connectivity index (χ0) is 16.0. The summed E-state index contributed by atoms with van der Waals surface area (Å²) in [5.74, 6) is 1.91. The van der Waals surface area contributed by atoms with E-state index in [1.807, 2.05) is 0 Å². The minimum atomic E-state index is -0.429. The quantitative estimate of drug-likeness (QED) is 0.706. The summed E-state index contributed by atoms with van der Waals surface area (Å²) in [4.78, 5) is 0. The topological polar surface area (TPSA) is 40.5 Å². The molecule has 2 heteroatoms. The molecular weight excluding hydrogens is 272 g/mol. The summed E-state index contributed by atoms with van der Waals surface area (Å²) in [5.41, 5.74) is 0.382. The highest BCUT2D eigenvalue weighted by molar-refractivity contribution is 5.16. The molecule has 0 heterocycles. The highest BCUT2D eigenvalue weighted by Gasteiger charge is 2.66. The number of aliphatic hydroxyl groups is 2. The van der Waals surface area contributed by atoms with Gasteiger partial charge >= 0.3 is 0 Å². The van der Waals surface area contributed by atoms with E-state index in [4.69, 9.17) is 0 Å². The fourth-order valence-electron chi connectivity index (χ4n) is 7.90. The van der Waals surface area contributed by atoms with E-state index in [-0.39, 0.29) is 11.5 Å². The van der Waals surface area contributed by atoms with Crippen LogP contribution in [0.4, 0.5) is 0 Å². The van der Waals surface area contributed by atoms with Gasteiger partial charge in [0, 0.05) is 0 Å². The molecule has 0 saturated heterocycles. The summed E-state index contributed by atoms with van der Waals surface area (Å²) in [6.07, 6.45) is 9.36. The normalized spacial score (nSPS) is 59.7. The average Bonchev–Trinajstić information content (AvgIpc) is 2.42. The highest BCUT2D eigenvalue weighted by Crippen LogP contribution is 2.72. The van der Waals surface area contributed by atoms with Gasteiger partial charge < -0.3 is 10.2 Å². The molecule has 126 valence electrons. The van der Waals surface area contributed by atoms with Crippen LogP contribution >= 0.6 is 0 Å². The molecule has 5 saturated carbocycles. The van der Waals surface area contributed by atoms with E-state index in [1.165, 1.54) is 38.5 Å². The summed E-state index contributed by atoms with van der Waals surface area (Å²) in [6.45, 7) is 9.23. The number of hydrogen-bond donors (Lipinski definition) is 2. The zero-order valence-electron chi connectivity index (χ0n) is 14.9. The number of aliphatic hydroxyl groups excluding tert-OH is 1. The van der Waals surface area contributed by atoms with E-state index >= 15 is 0 Å². The lowest BCUT2D eigenvalue weighted by molar-refractivity contribution is -0.242. The third-order valence-corrected chi connectivity index (χ3v) is 9.08. The Balaban J connectivity index is 1.73. The predicted octanol–water partition coefficient (Wildman–Crippen LogP) is 4.14. The molecule has 0 aromatic carbocycles. The van der Waals surface area contributed by atoms with Crippen LogP contribution in [0.15, 0.2) is 0 Å². The van der Waals surface area contributed by atoms with Crippen LogP contribution in [-0.4, -0.2) is 21.9 Å². The second kappa shape index (κ2) is 4.30. The number of rotatable bonds is 0. The number of hydrogen-bond acceptors (Lipinski definition) is 2. The highest BCUT2D eigenvalue weighted by atomic mass is 16.3. The van der Waals surface area contributed by atoms with Gasteiger partial charge in [0.05, 0.1) is 11.7 Å². The first-order valence-electron chi connectivity index (χ1n) is 9.52. The smallest absolute Gasteiger partial charge is 0.0653 e. The van der Waals surface area contributed by atoms with Crippen molar-refractivity contribution in [3.05, 3.63) is 0 Å². The second-order valence-corrected chi connectivity index (χ2v) is 10.4. The van der Waals surface area contributed by atoms with Gasteiger partial charge in [-0.3, -0.25) is 0 Å². The first-order valence-corrected chi connectivity index (χ1v) is 9.52. The van der Waals surface area contributed by atoms with Gasteiger partial charge in [-0.15, -0.1) is 0 Å². The molecule has 22 heavy (non-hydrogen) atoms. The van der Waals surface area contributed by atoms with Gasteiger partial charge in [-0.1, -0.05) is 20.8 Å². The zero-order valence-corrected chi connectivity index (χ0v) is 14.9. The molecule has 5 aliphatic carbocycles. The molecule has 2 bridgehead atoms. The van der Waals surface area contributed by atoms with Crippen molar-refractivity contribution in [3.63, 3.8) is 0 Å². The first kappa shape index (κ1) is 15.4. The third kappa shape index (κ3) is 1.75. The predicted molar refractivity (Wildman–Crippen MR) is 88.4 cm³/mol. The Kier molecular flexibility index (Phi) is 3.02. The van der Waals surface area contributed by atoms with Crippen LogP contribution in [0.25, 0.3) is 0 Å². The molecule has 2 nitrogen and oxygen atoms in total. The van der Waals surface area contributed by atoms with E-state index in [0.717, 1.165) is 18.8 Å². The Morgan fingerprint density at radius 2 is 1.55 bits per heavy atom. The summed E-state index contributed by atoms with van der Waals surface area (Å²) >= 11 is 0. The average molecular weight is 306 g/mol. The Hall–Kier alpha value is -0.0800. The van der Waals surface area contributed by atoms with Crippen LogP contribution in [0, 0.1) is 34.0 Å². The van der Waals surface area contributed by atoms with Crippen LogP contribution in [0.2, 0.25) is 0 Å². The molecule has 0 aromatic rings. The minimum Gasteiger partial charge on any atom is -0.393 e. The molecule has 7 unspecified atom stereocenters. The molecule has 0 radical (unpaired) electrons. The molecule has 0 aromatic heterocycles. The van der Waals surface area contributed by atoms with E-state index in [9.17, 15) is 10.2 Å². The van der Waals surface area contributed by atoms with Crippen molar-refractivity contribution in [1.82, 2.24) is 0 Å².